The molecule has 72 valence electrons. The van der Waals surface area contributed by atoms with Crippen LogP contribution in [-0.4, -0.2) is 31.2 Å². The lowest BCUT2D eigenvalue weighted by atomic mass is 10.1. The highest BCUT2D eigenvalue weighted by Gasteiger charge is 2.04. The summed E-state index contributed by atoms with van der Waals surface area (Å²) < 4.78 is 0. The van der Waals surface area contributed by atoms with Crippen molar-refractivity contribution in [2.45, 2.75) is 26.1 Å². The van der Waals surface area contributed by atoms with Gasteiger partial charge >= 0.3 is 0 Å². The standard InChI is InChI=1S/C9H19ClN2/c1-4-11-5-6-12-7-9(10)8(2)3/h7-9,11H,4-6H2,1-3H3/b12-7-. The molecule has 0 aromatic rings. The van der Waals surface area contributed by atoms with E-state index in [1.807, 2.05) is 6.21 Å². The van der Waals surface area contributed by atoms with Gasteiger partial charge < -0.3 is 5.32 Å². The normalized spacial score (nSPS) is 14.4. The number of hydrogen-bond donors (Lipinski definition) is 1. The van der Waals surface area contributed by atoms with Crippen molar-refractivity contribution in [2.75, 3.05) is 19.6 Å². The summed E-state index contributed by atoms with van der Waals surface area (Å²) >= 11 is 5.96. The Kier molecular flexibility index (Phi) is 7.51. The van der Waals surface area contributed by atoms with Gasteiger partial charge in [0.1, 0.15) is 0 Å². The Bertz CT molecular complexity index is 124. The molecule has 0 rings (SSSR count). The van der Waals surface area contributed by atoms with Crippen molar-refractivity contribution in [3.05, 3.63) is 0 Å². The summed E-state index contributed by atoms with van der Waals surface area (Å²) in [5.41, 5.74) is 0. The minimum absolute atomic E-state index is 0.0756. The number of nitrogens with zero attached hydrogens (tertiary/aromatic N) is 1. The van der Waals surface area contributed by atoms with E-state index >= 15 is 0 Å². The van der Waals surface area contributed by atoms with E-state index in [9.17, 15) is 0 Å². The third-order valence-corrected chi connectivity index (χ3v) is 2.17. The molecule has 0 radical (unpaired) electrons. The van der Waals surface area contributed by atoms with Gasteiger partial charge in [-0.1, -0.05) is 20.8 Å². The zero-order chi connectivity index (χ0) is 9.40. The summed E-state index contributed by atoms with van der Waals surface area (Å²) in [6, 6.07) is 0. The molecule has 0 aliphatic carbocycles. The Balaban J connectivity index is 3.35. The van der Waals surface area contributed by atoms with E-state index in [1.54, 1.807) is 0 Å². The Hall–Kier alpha value is -0.0800. The lowest BCUT2D eigenvalue weighted by molar-refractivity contribution is 0.691. The minimum Gasteiger partial charge on any atom is -0.315 e. The first-order valence-electron chi connectivity index (χ1n) is 4.53. The molecule has 0 heterocycles. The molecule has 1 unspecified atom stereocenters. The van der Waals surface area contributed by atoms with E-state index in [1.165, 1.54) is 0 Å². The van der Waals surface area contributed by atoms with E-state index in [0.29, 0.717) is 5.92 Å². The van der Waals surface area contributed by atoms with Crippen LogP contribution in [0.4, 0.5) is 0 Å². The fourth-order valence-electron chi connectivity index (χ4n) is 0.668. The van der Waals surface area contributed by atoms with E-state index in [0.717, 1.165) is 19.6 Å². The van der Waals surface area contributed by atoms with Gasteiger partial charge in [-0.3, -0.25) is 4.99 Å². The topological polar surface area (TPSA) is 24.4 Å². The molecular formula is C9H19ClN2. The number of nitrogens with one attached hydrogen (secondary N) is 1. The van der Waals surface area contributed by atoms with Crippen LogP contribution in [0.5, 0.6) is 0 Å². The Morgan fingerprint density at radius 3 is 2.67 bits per heavy atom. The van der Waals surface area contributed by atoms with Gasteiger partial charge in [0.05, 0.1) is 11.9 Å². The molecular weight excluding hydrogens is 172 g/mol. The molecule has 0 spiro atoms. The predicted molar refractivity (Wildman–Crippen MR) is 56.4 cm³/mol. The van der Waals surface area contributed by atoms with Crippen molar-refractivity contribution in [1.82, 2.24) is 5.32 Å². The molecule has 12 heavy (non-hydrogen) atoms. The van der Waals surface area contributed by atoms with Gasteiger partial charge in [-0.05, 0) is 12.5 Å². The molecule has 0 aromatic heterocycles. The van der Waals surface area contributed by atoms with Crippen molar-refractivity contribution < 1.29 is 0 Å². The highest BCUT2D eigenvalue weighted by atomic mass is 35.5. The van der Waals surface area contributed by atoms with E-state index in [2.05, 4.69) is 31.1 Å². The van der Waals surface area contributed by atoms with Crippen LogP contribution in [-0.2, 0) is 0 Å². The van der Waals surface area contributed by atoms with Crippen LogP contribution in [0.25, 0.3) is 0 Å². The third kappa shape index (κ3) is 6.62. The highest BCUT2D eigenvalue weighted by Crippen LogP contribution is 2.05. The predicted octanol–water partition coefficient (Wildman–Crippen LogP) is 1.93. The lowest BCUT2D eigenvalue weighted by Crippen LogP contribution is -2.17. The molecule has 0 aliphatic rings. The largest absolute Gasteiger partial charge is 0.315 e. The highest BCUT2D eigenvalue weighted by molar-refractivity contribution is 6.28. The number of rotatable bonds is 6. The van der Waals surface area contributed by atoms with Crippen LogP contribution in [0.2, 0.25) is 0 Å². The van der Waals surface area contributed by atoms with Gasteiger partial charge in [0.15, 0.2) is 0 Å². The van der Waals surface area contributed by atoms with Crippen molar-refractivity contribution in [3.8, 4) is 0 Å². The Labute approximate surface area is 80.4 Å². The smallest absolute Gasteiger partial charge is 0.0706 e. The molecule has 3 heteroatoms. The van der Waals surface area contributed by atoms with E-state index < -0.39 is 0 Å². The Morgan fingerprint density at radius 2 is 2.17 bits per heavy atom. The van der Waals surface area contributed by atoms with Crippen molar-refractivity contribution in [1.29, 1.82) is 0 Å². The summed E-state index contributed by atoms with van der Waals surface area (Å²) in [6.45, 7) is 9.03. The summed E-state index contributed by atoms with van der Waals surface area (Å²) in [7, 11) is 0. The number of halogens is 1. The molecule has 1 N–H and O–H groups in total. The van der Waals surface area contributed by atoms with Crippen molar-refractivity contribution >= 4 is 17.8 Å². The van der Waals surface area contributed by atoms with Crippen molar-refractivity contribution in [2.24, 2.45) is 10.9 Å². The van der Waals surface area contributed by atoms with Crippen LogP contribution in [0.15, 0.2) is 4.99 Å². The molecule has 0 amide bonds. The third-order valence-electron chi connectivity index (χ3n) is 1.55. The molecule has 0 bridgehead atoms. The quantitative estimate of drug-likeness (QED) is 0.387. The van der Waals surface area contributed by atoms with Gasteiger partial charge in [0.2, 0.25) is 0 Å². The molecule has 1 atom stereocenters. The Morgan fingerprint density at radius 1 is 1.50 bits per heavy atom. The van der Waals surface area contributed by atoms with Crippen LogP contribution < -0.4 is 5.32 Å². The zero-order valence-electron chi connectivity index (χ0n) is 8.18. The van der Waals surface area contributed by atoms with Crippen molar-refractivity contribution in [3.63, 3.8) is 0 Å². The minimum atomic E-state index is 0.0756. The zero-order valence-corrected chi connectivity index (χ0v) is 8.93. The fraction of sp³-hybridized carbons (Fsp3) is 0.889. The molecule has 0 saturated heterocycles. The van der Waals surface area contributed by atoms with E-state index in [4.69, 9.17) is 11.6 Å². The first kappa shape index (κ1) is 11.9. The van der Waals surface area contributed by atoms with Gasteiger partial charge in [0, 0.05) is 12.8 Å². The van der Waals surface area contributed by atoms with Crippen LogP contribution in [0, 0.1) is 5.92 Å². The summed E-state index contributed by atoms with van der Waals surface area (Å²) in [5.74, 6) is 0.467. The number of aliphatic imine (C=N–C) groups is 1. The average Bonchev–Trinajstić information content (AvgIpc) is 2.03. The fourth-order valence-corrected chi connectivity index (χ4v) is 0.747. The molecule has 2 nitrogen and oxygen atoms in total. The second-order valence-electron chi connectivity index (χ2n) is 3.10. The van der Waals surface area contributed by atoms with E-state index in [-0.39, 0.29) is 5.38 Å². The number of alkyl halides is 1. The molecule has 0 saturated carbocycles. The average molecular weight is 191 g/mol. The van der Waals surface area contributed by atoms with Gasteiger partial charge in [-0.2, -0.15) is 0 Å². The van der Waals surface area contributed by atoms with Gasteiger partial charge in [-0.15, -0.1) is 11.6 Å². The maximum atomic E-state index is 5.96. The van der Waals surface area contributed by atoms with Gasteiger partial charge in [-0.25, -0.2) is 0 Å². The lowest BCUT2D eigenvalue weighted by Gasteiger charge is -2.06. The first-order chi connectivity index (χ1) is 5.68. The first-order valence-corrected chi connectivity index (χ1v) is 4.96. The molecule has 0 aliphatic heterocycles. The van der Waals surface area contributed by atoms with Crippen LogP contribution in [0.1, 0.15) is 20.8 Å². The number of likely N-dealkylation sites (N-methyl/N-ethyl adjacent to an activating group) is 1. The summed E-state index contributed by atoms with van der Waals surface area (Å²) in [5, 5.41) is 3.27. The summed E-state index contributed by atoms with van der Waals surface area (Å²) in [6.07, 6.45) is 1.84. The maximum Gasteiger partial charge on any atom is 0.0706 e. The second kappa shape index (κ2) is 7.56. The van der Waals surface area contributed by atoms with Crippen LogP contribution in [0.3, 0.4) is 0 Å². The number of hydrogen-bond acceptors (Lipinski definition) is 2. The van der Waals surface area contributed by atoms with Gasteiger partial charge in [0.25, 0.3) is 0 Å². The summed E-state index contributed by atoms with van der Waals surface area (Å²) in [4.78, 5) is 4.21. The molecule has 0 fully saturated rings. The second-order valence-corrected chi connectivity index (χ2v) is 3.60. The monoisotopic (exact) mass is 190 g/mol. The van der Waals surface area contributed by atoms with Crippen LogP contribution >= 0.6 is 11.6 Å². The SMILES string of the molecule is CCNCC/N=C\C(Cl)C(C)C. The maximum absolute atomic E-state index is 5.96. The molecule has 0 aromatic carbocycles.